The molecule has 1 atom stereocenters. The molecule has 0 radical (unpaired) electrons. The van der Waals surface area contributed by atoms with Crippen molar-refractivity contribution >= 4 is 17.2 Å². The molecule has 3 heterocycles. The first-order chi connectivity index (χ1) is 9.78. The van der Waals surface area contributed by atoms with Crippen molar-refractivity contribution in [3.63, 3.8) is 0 Å². The summed E-state index contributed by atoms with van der Waals surface area (Å²) >= 11 is 1.75. The second-order valence-electron chi connectivity index (χ2n) is 5.28. The number of carbonyl (C=O) groups excluding carboxylic acids is 1. The maximum atomic E-state index is 11.7. The van der Waals surface area contributed by atoms with Gasteiger partial charge in [0, 0.05) is 49.1 Å². The SMILES string of the molecule is NCC#Cc1ccsc1CN1CCN2C(=O)CCC2C1. The van der Waals surface area contributed by atoms with E-state index in [-0.39, 0.29) is 0 Å². The Labute approximate surface area is 123 Å². The Hall–Kier alpha value is -1.35. The minimum atomic E-state index is 0.334. The summed E-state index contributed by atoms with van der Waals surface area (Å²) in [5.74, 6) is 6.40. The van der Waals surface area contributed by atoms with E-state index < -0.39 is 0 Å². The number of hydrogen-bond acceptors (Lipinski definition) is 4. The molecule has 20 heavy (non-hydrogen) atoms. The van der Waals surface area contributed by atoms with Gasteiger partial charge in [-0.25, -0.2) is 0 Å². The molecule has 106 valence electrons. The molecule has 4 nitrogen and oxygen atoms in total. The van der Waals surface area contributed by atoms with E-state index in [1.54, 1.807) is 11.3 Å². The topological polar surface area (TPSA) is 49.6 Å². The fraction of sp³-hybridized carbons (Fsp3) is 0.533. The lowest BCUT2D eigenvalue weighted by molar-refractivity contribution is -0.130. The van der Waals surface area contributed by atoms with Gasteiger partial charge < -0.3 is 10.6 Å². The summed E-state index contributed by atoms with van der Waals surface area (Å²) in [5.41, 5.74) is 6.54. The number of nitrogens with two attached hydrogens (primary N) is 1. The molecule has 0 spiro atoms. The zero-order valence-corrected chi connectivity index (χ0v) is 12.3. The summed E-state index contributed by atoms with van der Waals surface area (Å²) in [7, 11) is 0. The summed E-state index contributed by atoms with van der Waals surface area (Å²) in [4.78, 5) is 17.5. The van der Waals surface area contributed by atoms with Crippen LogP contribution in [-0.2, 0) is 11.3 Å². The van der Waals surface area contributed by atoms with Crippen LogP contribution in [0.4, 0.5) is 0 Å². The lowest BCUT2D eigenvalue weighted by Crippen LogP contribution is -2.50. The summed E-state index contributed by atoms with van der Waals surface area (Å²) in [6, 6.07) is 2.49. The van der Waals surface area contributed by atoms with Crippen LogP contribution in [0.15, 0.2) is 11.4 Å². The molecular weight excluding hydrogens is 270 g/mol. The normalized spacial score (nSPS) is 22.6. The molecule has 0 saturated carbocycles. The van der Waals surface area contributed by atoms with Gasteiger partial charge in [0.2, 0.25) is 5.91 Å². The molecule has 3 rings (SSSR count). The predicted octanol–water partition coefficient (Wildman–Crippen LogP) is 0.865. The highest BCUT2D eigenvalue weighted by Crippen LogP contribution is 2.25. The van der Waals surface area contributed by atoms with Crippen LogP contribution in [0.5, 0.6) is 0 Å². The minimum Gasteiger partial charge on any atom is -0.337 e. The number of nitrogens with zero attached hydrogens (tertiary/aromatic N) is 2. The second-order valence-corrected chi connectivity index (χ2v) is 6.28. The van der Waals surface area contributed by atoms with Gasteiger partial charge >= 0.3 is 0 Å². The third-order valence-electron chi connectivity index (χ3n) is 4.02. The highest BCUT2D eigenvalue weighted by atomic mass is 32.1. The number of amides is 1. The number of rotatable bonds is 2. The van der Waals surface area contributed by atoms with E-state index in [0.717, 1.165) is 44.6 Å². The molecule has 1 aromatic heterocycles. The van der Waals surface area contributed by atoms with E-state index in [9.17, 15) is 4.79 Å². The van der Waals surface area contributed by atoms with Crippen LogP contribution < -0.4 is 5.73 Å². The Kier molecular flexibility index (Phi) is 4.06. The van der Waals surface area contributed by atoms with Crippen LogP contribution >= 0.6 is 11.3 Å². The van der Waals surface area contributed by atoms with Crippen molar-refractivity contribution in [3.8, 4) is 11.8 Å². The molecule has 1 unspecified atom stereocenters. The Balaban J connectivity index is 1.64. The molecule has 2 aliphatic rings. The maximum absolute atomic E-state index is 11.7. The third kappa shape index (κ3) is 2.73. The van der Waals surface area contributed by atoms with Gasteiger partial charge in [-0.05, 0) is 17.9 Å². The van der Waals surface area contributed by atoms with Crippen molar-refractivity contribution in [1.82, 2.24) is 9.80 Å². The van der Waals surface area contributed by atoms with Gasteiger partial charge in [0.1, 0.15) is 0 Å². The van der Waals surface area contributed by atoms with Gasteiger partial charge in [0.15, 0.2) is 0 Å². The van der Waals surface area contributed by atoms with Gasteiger partial charge in [0.05, 0.1) is 6.54 Å². The van der Waals surface area contributed by atoms with Crippen molar-refractivity contribution in [2.75, 3.05) is 26.2 Å². The van der Waals surface area contributed by atoms with Crippen LogP contribution in [0.1, 0.15) is 23.3 Å². The molecule has 5 heteroatoms. The number of hydrogen-bond donors (Lipinski definition) is 1. The van der Waals surface area contributed by atoms with Crippen LogP contribution in [0, 0.1) is 11.8 Å². The summed E-state index contributed by atoms with van der Waals surface area (Å²) < 4.78 is 0. The number of thiophene rings is 1. The fourth-order valence-electron chi connectivity index (χ4n) is 3.00. The molecule has 0 bridgehead atoms. The predicted molar refractivity (Wildman–Crippen MR) is 80.3 cm³/mol. The summed E-state index contributed by atoms with van der Waals surface area (Å²) in [6.07, 6.45) is 1.74. The monoisotopic (exact) mass is 289 g/mol. The lowest BCUT2D eigenvalue weighted by atomic mass is 10.1. The average molecular weight is 289 g/mol. The second kappa shape index (κ2) is 5.96. The third-order valence-corrected chi connectivity index (χ3v) is 4.92. The molecule has 2 saturated heterocycles. The largest absolute Gasteiger partial charge is 0.337 e. The molecule has 1 amide bonds. The van der Waals surface area contributed by atoms with E-state index in [0.29, 0.717) is 18.5 Å². The van der Waals surface area contributed by atoms with Gasteiger partial charge in [-0.2, -0.15) is 0 Å². The molecular formula is C15H19N3OS. The van der Waals surface area contributed by atoms with Crippen LogP contribution in [0.25, 0.3) is 0 Å². The Morgan fingerprint density at radius 2 is 2.35 bits per heavy atom. The lowest BCUT2D eigenvalue weighted by Gasteiger charge is -2.37. The summed E-state index contributed by atoms with van der Waals surface area (Å²) in [6.45, 7) is 4.17. The van der Waals surface area contributed by atoms with Crippen LogP contribution in [-0.4, -0.2) is 47.9 Å². The zero-order chi connectivity index (χ0) is 13.9. The fourth-order valence-corrected chi connectivity index (χ4v) is 3.87. The Morgan fingerprint density at radius 1 is 1.45 bits per heavy atom. The first-order valence-electron chi connectivity index (χ1n) is 7.05. The number of piperazine rings is 1. The van der Waals surface area contributed by atoms with Gasteiger partial charge in [-0.3, -0.25) is 9.69 Å². The maximum Gasteiger partial charge on any atom is 0.222 e. The molecule has 0 aliphatic carbocycles. The van der Waals surface area contributed by atoms with Crippen LogP contribution in [0.3, 0.4) is 0 Å². The molecule has 0 aromatic carbocycles. The average Bonchev–Trinajstić information content (AvgIpc) is 3.04. The number of fused-ring (bicyclic) bond motifs is 1. The van der Waals surface area contributed by atoms with E-state index in [2.05, 4.69) is 33.1 Å². The highest BCUT2D eigenvalue weighted by Gasteiger charge is 2.35. The van der Waals surface area contributed by atoms with Gasteiger partial charge in [-0.1, -0.05) is 11.8 Å². The van der Waals surface area contributed by atoms with E-state index in [1.807, 2.05) is 0 Å². The number of carbonyl (C=O) groups is 1. The van der Waals surface area contributed by atoms with E-state index in [4.69, 9.17) is 5.73 Å². The molecule has 1 aromatic rings. The van der Waals surface area contributed by atoms with Crippen molar-refractivity contribution in [2.45, 2.75) is 25.4 Å². The highest BCUT2D eigenvalue weighted by molar-refractivity contribution is 7.10. The van der Waals surface area contributed by atoms with Crippen molar-refractivity contribution in [3.05, 3.63) is 21.9 Å². The first-order valence-corrected chi connectivity index (χ1v) is 7.93. The minimum absolute atomic E-state index is 0.334. The van der Waals surface area contributed by atoms with E-state index >= 15 is 0 Å². The first kappa shape index (κ1) is 13.6. The Morgan fingerprint density at radius 3 is 3.20 bits per heavy atom. The zero-order valence-electron chi connectivity index (χ0n) is 11.5. The molecule has 2 fully saturated rings. The molecule has 2 aliphatic heterocycles. The van der Waals surface area contributed by atoms with Crippen LogP contribution in [0.2, 0.25) is 0 Å². The smallest absolute Gasteiger partial charge is 0.222 e. The Bertz CT molecular complexity index is 557. The standard InChI is InChI=1S/C15H19N3OS/c16-6-1-2-12-5-9-20-14(12)11-17-7-8-18-13(10-17)3-4-15(18)19/h5,9,13H,3-4,6-8,10-11,16H2. The van der Waals surface area contributed by atoms with Crippen molar-refractivity contribution in [2.24, 2.45) is 5.73 Å². The van der Waals surface area contributed by atoms with Gasteiger partial charge in [0.25, 0.3) is 0 Å². The van der Waals surface area contributed by atoms with Gasteiger partial charge in [-0.15, -0.1) is 11.3 Å². The quantitative estimate of drug-likeness (QED) is 0.822. The van der Waals surface area contributed by atoms with Crippen molar-refractivity contribution in [1.29, 1.82) is 0 Å². The van der Waals surface area contributed by atoms with E-state index in [1.165, 1.54) is 4.88 Å². The molecule has 2 N–H and O–H groups in total. The van der Waals surface area contributed by atoms with Crippen molar-refractivity contribution < 1.29 is 4.79 Å². The summed E-state index contributed by atoms with van der Waals surface area (Å²) in [5, 5.41) is 2.09.